The number of methoxy groups -OCH3 is 1. The van der Waals surface area contributed by atoms with E-state index in [4.69, 9.17) is 10.5 Å². The molecule has 1 rings (SSSR count). The van der Waals surface area contributed by atoms with Crippen LogP contribution in [0.4, 0.5) is 18.9 Å². The van der Waals surface area contributed by atoms with Gasteiger partial charge in [0.25, 0.3) is 0 Å². The summed E-state index contributed by atoms with van der Waals surface area (Å²) in [5.74, 6) is 0.0768. The summed E-state index contributed by atoms with van der Waals surface area (Å²) in [6, 6.07) is 4.03. The third-order valence-electron chi connectivity index (χ3n) is 2.28. The van der Waals surface area contributed by atoms with Gasteiger partial charge < -0.3 is 15.2 Å². The second kappa shape index (κ2) is 6.96. The molecule has 21 heavy (non-hydrogen) atoms. The van der Waals surface area contributed by atoms with E-state index in [0.717, 1.165) is 0 Å². The Morgan fingerprint density at radius 2 is 2.00 bits per heavy atom. The molecule has 0 spiro atoms. The molecule has 0 radical (unpaired) electrons. The maximum atomic E-state index is 12.0. The second-order valence-corrected chi connectivity index (χ2v) is 5.71. The van der Waals surface area contributed by atoms with E-state index in [1.54, 1.807) is 0 Å². The number of hydrogen-bond donors (Lipinski definition) is 2. The van der Waals surface area contributed by atoms with Gasteiger partial charge in [-0.2, -0.15) is 13.2 Å². The van der Waals surface area contributed by atoms with Gasteiger partial charge in [-0.1, -0.05) is 0 Å². The van der Waals surface area contributed by atoms with Crippen LogP contribution in [0.1, 0.15) is 0 Å². The summed E-state index contributed by atoms with van der Waals surface area (Å²) in [5, 5.41) is 0. The first-order valence-electron chi connectivity index (χ1n) is 5.73. The molecule has 0 atom stereocenters. The van der Waals surface area contributed by atoms with Crippen molar-refractivity contribution in [3.05, 3.63) is 18.2 Å². The Balaban J connectivity index is 2.64. The SMILES string of the molecule is COc1ccc(N)cc1S(=O)(=O)NCCOCC(F)(F)F. The first-order chi connectivity index (χ1) is 9.65. The number of ether oxygens (including phenoxy) is 2. The Hall–Kier alpha value is -1.52. The van der Waals surface area contributed by atoms with Crippen molar-refractivity contribution in [1.29, 1.82) is 0 Å². The lowest BCUT2D eigenvalue weighted by Gasteiger charge is -2.12. The summed E-state index contributed by atoms with van der Waals surface area (Å²) in [6.07, 6.45) is -4.45. The van der Waals surface area contributed by atoms with E-state index in [1.807, 2.05) is 0 Å². The van der Waals surface area contributed by atoms with Crippen LogP contribution in [0.25, 0.3) is 0 Å². The fourth-order valence-corrected chi connectivity index (χ4v) is 2.63. The zero-order chi connectivity index (χ0) is 16.1. The zero-order valence-corrected chi connectivity index (χ0v) is 11.9. The average molecular weight is 328 g/mol. The number of sulfonamides is 1. The van der Waals surface area contributed by atoms with Crippen molar-refractivity contribution in [3.63, 3.8) is 0 Å². The minimum Gasteiger partial charge on any atom is -0.495 e. The zero-order valence-electron chi connectivity index (χ0n) is 11.1. The number of hydrogen-bond acceptors (Lipinski definition) is 5. The molecule has 6 nitrogen and oxygen atoms in total. The highest BCUT2D eigenvalue weighted by atomic mass is 32.2. The minimum atomic E-state index is -4.45. The van der Waals surface area contributed by atoms with Crippen molar-refractivity contribution in [2.45, 2.75) is 11.1 Å². The van der Waals surface area contributed by atoms with Crippen molar-refractivity contribution in [1.82, 2.24) is 4.72 Å². The van der Waals surface area contributed by atoms with Crippen LogP contribution in [0.15, 0.2) is 23.1 Å². The highest BCUT2D eigenvalue weighted by molar-refractivity contribution is 7.89. The van der Waals surface area contributed by atoms with Crippen LogP contribution in [0, 0.1) is 0 Å². The van der Waals surface area contributed by atoms with Crippen LogP contribution in [0.5, 0.6) is 5.75 Å². The third-order valence-corrected chi connectivity index (χ3v) is 3.76. The van der Waals surface area contributed by atoms with E-state index in [9.17, 15) is 21.6 Å². The Morgan fingerprint density at radius 1 is 1.33 bits per heavy atom. The van der Waals surface area contributed by atoms with E-state index in [2.05, 4.69) is 9.46 Å². The fourth-order valence-electron chi connectivity index (χ4n) is 1.42. The maximum Gasteiger partial charge on any atom is 0.411 e. The molecule has 1 aromatic rings. The Labute approximate surface area is 120 Å². The largest absolute Gasteiger partial charge is 0.495 e. The van der Waals surface area contributed by atoms with Crippen molar-refractivity contribution >= 4 is 15.7 Å². The van der Waals surface area contributed by atoms with Crippen LogP contribution in [0.2, 0.25) is 0 Å². The highest BCUT2D eigenvalue weighted by Crippen LogP contribution is 2.25. The summed E-state index contributed by atoms with van der Waals surface area (Å²) < 4.78 is 70.8. The molecule has 0 aliphatic rings. The van der Waals surface area contributed by atoms with Gasteiger partial charge in [0, 0.05) is 12.2 Å². The molecule has 0 aliphatic heterocycles. The number of nitrogen functional groups attached to an aromatic ring is 1. The van der Waals surface area contributed by atoms with Crippen LogP contribution >= 0.6 is 0 Å². The highest BCUT2D eigenvalue weighted by Gasteiger charge is 2.27. The first-order valence-corrected chi connectivity index (χ1v) is 7.22. The van der Waals surface area contributed by atoms with Crippen LogP contribution in [-0.4, -0.2) is 41.5 Å². The smallest absolute Gasteiger partial charge is 0.411 e. The van der Waals surface area contributed by atoms with E-state index in [-0.39, 0.29) is 22.9 Å². The molecule has 1 aromatic carbocycles. The van der Waals surface area contributed by atoms with E-state index >= 15 is 0 Å². The maximum absolute atomic E-state index is 12.0. The molecule has 0 aliphatic carbocycles. The molecule has 0 fully saturated rings. The van der Waals surface area contributed by atoms with E-state index in [0.29, 0.717) is 0 Å². The van der Waals surface area contributed by atoms with Crippen LogP contribution < -0.4 is 15.2 Å². The Bertz CT molecular complexity index is 575. The number of anilines is 1. The molecule has 3 N–H and O–H groups in total. The van der Waals surface area contributed by atoms with Gasteiger partial charge in [-0.05, 0) is 18.2 Å². The van der Waals surface area contributed by atoms with Crippen molar-refractivity contribution in [3.8, 4) is 5.75 Å². The fraction of sp³-hybridized carbons (Fsp3) is 0.455. The molecule has 0 aromatic heterocycles. The number of alkyl halides is 3. The predicted octanol–water partition coefficient (Wildman–Crippen LogP) is 1.13. The lowest BCUT2D eigenvalue weighted by atomic mass is 10.3. The first kappa shape index (κ1) is 17.5. The van der Waals surface area contributed by atoms with Gasteiger partial charge >= 0.3 is 6.18 Å². The second-order valence-electron chi connectivity index (χ2n) is 3.98. The molecule has 0 saturated heterocycles. The summed E-state index contributed by atoms with van der Waals surface area (Å²) in [5.41, 5.74) is 5.72. The van der Waals surface area contributed by atoms with E-state index < -0.39 is 29.4 Å². The van der Waals surface area contributed by atoms with Crippen LogP contribution in [-0.2, 0) is 14.8 Å². The van der Waals surface area contributed by atoms with Crippen molar-refractivity contribution < 1.29 is 31.1 Å². The topological polar surface area (TPSA) is 90.7 Å². The molecule has 0 unspecified atom stereocenters. The third kappa shape index (κ3) is 5.78. The molecule has 120 valence electrons. The van der Waals surface area contributed by atoms with Gasteiger partial charge in [-0.25, -0.2) is 13.1 Å². The van der Waals surface area contributed by atoms with Gasteiger partial charge in [0.05, 0.1) is 13.7 Å². The minimum absolute atomic E-state index is 0.0768. The lowest BCUT2D eigenvalue weighted by molar-refractivity contribution is -0.173. The summed E-state index contributed by atoms with van der Waals surface area (Å²) >= 11 is 0. The van der Waals surface area contributed by atoms with Gasteiger partial charge in [0.15, 0.2) is 0 Å². The standard InChI is InChI=1S/C11H15F3N2O4S/c1-19-9-3-2-8(15)6-10(9)21(17,18)16-4-5-20-7-11(12,13)14/h2-3,6,16H,4-5,7,15H2,1H3. The predicted molar refractivity (Wildman–Crippen MR) is 69.5 cm³/mol. The van der Waals surface area contributed by atoms with Crippen molar-refractivity contribution in [2.24, 2.45) is 0 Å². The Morgan fingerprint density at radius 3 is 2.57 bits per heavy atom. The number of nitrogens with one attached hydrogen (secondary N) is 1. The van der Waals surface area contributed by atoms with E-state index in [1.165, 1.54) is 25.3 Å². The number of nitrogens with two attached hydrogens (primary N) is 1. The summed E-state index contributed by atoms with van der Waals surface area (Å²) in [7, 11) is -2.67. The van der Waals surface area contributed by atoms with Gasteiger partial charge in [-0.15, -0.1) is 0 Å². The normalized spacial score (nSPS) is 12.4. The quantitative estimate of drug-likeness (QED) is 0.578. The molecule has 0 heterocycles. The Kier molecular flexibility index (Phi) is 5.81. The molecule has 0 saturated carbocycles. The van der Waals surface area contributed by atoms with Gasteiger partial charge in [0.2, 0.25) is 10.0 Å². The van der Waals surface area contributed by atoms with Gasteiger partial charge in [-0.3, -0.25) is 0 Å². The number of halogens is 3. The number of rotatable bonds is 7. The molecular weight excluding hydrogens is 313 g/mol. The molecule has 0 amide bonds. The molecule has 0 bridgehead atoms. The van der Waals surface area contributed by atoms with Gasteiger partial charge in [0.1, 0.15) is 17.3 Å². The molecule has 10 heteroatoms. The average Bonchev–Trinajstić information content (AvgIpc) is 2.36. The lowest BCUT2D eigenvalue weighted by Crippen LogP contribution is -2.29. The van der Waals surface area contributed by atoms with Crippen molar-refractivity contribution in [2.75, 3.05) is 32.6 Å². The summed E-state index contributed by atoms with van der Waals surface area (Å²) in [4.78, 5) is -0.194. The molecular formula is C11H15F3N2O4S. The monoisotopic (exact) mass is 328 g/mol. The summed E-state index contributed by atoms with van der Waals surface area (Å²) in [6.45, 7) is -2.16. The number of benzene rings is 1. The van der Waals surface area contributed by atoms with Crippen LogP contribution in [0.3, 0.4) is 0 Å².